The van der Waals surface area contributed by atoms with E-state index in [-0.39, 0.29) is 0 Å². The smallest absolute Gasteiger partial charge is 0.142 e. The first-order valence-electron chi connectivity index (χ1n) is 7.09. The Morgan fingerprint density at radius 1 is 1.16 bits per heavy atom. The van der Waals surface area contributed by atoms with Gasteiger partial charge >= 0.3 is 0 Å². The molecule has 0 saturated heterocycles. The molecule has 0 aromatic heterocycles. The summed E-state index contributed by atoms with van der Waals surface area (Å²) in [7, 11) is 0. The number of hydrogen-bond acceptors (Lipinski definition) is 2. The van der Waals surface area contributed by atoms with Crippen molar-refractivity contribution in [1.29, 1.82) is 0 Å². The third kappa shape index (κ3) is 3.01. The highest BCUT2D eigenvalue weighted by Gasteiger charge is 2.25. The monoisotopic (exact) mass is 299 g/mol. The first-order chi connectivity index (χ1) is 9.24. The van der Waals surface area contributed by atoms with Crippen LogP contribution in [0.5, 0.6) is 5.75 Å². The second-order valence-corrected chi connectivity index (χ2v) is 6.40. The molecule has 1 fully saturated rings. The average molecular weight is 300 g/mol. The fourth-order valence-electron chi connectivity index (χ4n) is 3.16. The van der Waals surface area contributed by atoms with E-state index < -0.39 is 0 Å². The van der Waals surface area contributed by atoms with E-state index in [0.717, 1.165) is 36.8 Å². The van der Waals surface area contributed by atoms with E-state index in [0.29, 0.717) is 16.1 Å². The highest BCUT2D eigenvalue weighted by Crippen LogP contribution is 2.40. The Balaban J connectivity index is 1.74. The molecule has 1 aromatic carbocycles. The maximum absolute atomic E-state index is 6.20. The largest absolute Gasteiger partial charge is 0.492 e. The van der Waals surface area contributed by atoms with Crippen LogP contribution < -0.4 is 10.1 Å². The number of fused-ring (bicyclic) bond motifs is 1. The van der Waals surface area contributed by atoms with Crippen LogP contribution in [0.15, 0.2) is 12.1 Å². The van der Waals surface area contributed by atoms with E-state index in [1.54, 1.807) is 6.07 Å². The highest BCUT2D eigenvalue weighted by atomic mass is 35.5. The van der Waals surface area contributed by atoms with Crippen molar-refractivity contribution in [1.82, 2.24) is 5.32 Å². The predicted octanol–water partition coefficient (Wildman–Crippen LogP) is 4.60. The summed E-state index contributed by atoms with van der Waals surface area (Å²) in [5, 5.41) is 4.98. The van der Waals surface area contributed by atoms with Gasteiger partial charge in [0.2, 0.25) is 0 Å². The molecule has 1 N–H and O–H groups in total. The third-order valence-electron chi connectivity index (χ3n) is 4.19. The van der Waals surface area contributed by atoms with Gasteiger partial charge in [-0.2, -0.15) is 0 Å². The van der Waals surface area contributed by atoms with Crippen LogP contribution in [-0.4, -0.2) is 13.2 Å². The molecule has 0 bridgehead atoms. The van der Waals surface area contributed by atoms with Crippen molar-refractivity contribution in [2.45, 2.75) is 38.1 Å². The Kier molecular flexibility index (Phi) is 4.21. The molecule has 1 saturated carbocycles. The van der Waals surface area contributed by atoms with Crippen LogP contribution in [0, 0.1) is 5.92 Å². The summed E-state index contributed by atoms with van der Waals surface area (Å²) in [5.41, 5.74) is 1.11. The van der Waals surface area contributed by atoms with Crippen LogP contribution in [0.4, 0.5) is 0 Å². The van der Waals surface area contributed by atoms with E-state index in [1.807, 2.05) is 6.07 Å². The van der Waals surface area contributed by atoms with E-state index in [9.17, 15) is 0 Å². The fourth-order valence-corrected chi connectivity index (χ4v) is 3.72. The van der Waals surface area contributed by atoms with E-state index in [4.69, 9.17) is 27.9 Å². The number of benzene rings is 1. The normalized spacial score (nSPS) is 23.2. The maximum atomic E-state index is 6.20. The third-order valence-corrected chi connectivity index (χ3v) is 4.69. The van der Waals surface area contributed by atoms with Crippen molar-refractivity contribution >= 4 is 23.2 Å². The molecule has 104 valence electrons. The van der Waals surface area contributed by atoms with Crippen LogP contribution in [0.1, 0.15) is 43.7 Å². The Morgan fingerprint density at radius 2 is 1.95 bits per heavy atom. The lowest BCUT2D eigenvalue weighted by atomic mass is 9.99. The van der Waals surface area contributed by atoms with Gasteiger partial charge in [-0.3, -0.25) is 0 Å². The first kappa shape index (κ1) is 13.5. The Hall–Kier alpha value is -0.440. The molecule has 1 heterocycles. The zero-order chi connectivity index (χ0) is 13.2. The van der Waals surface area contributed by atoms with Crippen LogP contribution in [0.2, 0.25) is 10.0 Å². The summed E-state index contributed by atoms with van der Waals surface area (Å²) in [6, 6.07) is 4.05. The summed E-state index contributed by atoms with van der Waals surface area (Å²) >= 11 is 12.3. The number of rotatable bonds is 3. The van der Waals surface area contributed by atoms with Gasteiger partial charge in [0.15, 0.2) is 0 Å². The first-order valence-corrected chi connectivity index (χ1v) is 7.85. The molecule has 2 nitrogen and oxygen atoms in total. The van der Waals surface area contributed by atoms with Gasteiger partial charge in [0.25, 0.3) is 0 Å². The summed E-state index contributed by atoms with van der Waals surface area (Å²) in [6.07, 6.45) is 6.47. The number of nitrogens with one attached hydrogen (secondary N) is 1. The number of hydrogen-bond donors (Lipinski definition) is 1. The van der Waals surface area contributed by atoms with Gasteiger partial charge in [0.1, 0.15) is 5.75 Å². The SMILES string of the molecule is Clc1cc(Cl)c2c(c1)C(NCC1CCCC1)CCO2. The van der Waals surface area contributed by atoms with Crippen LogP contribution in [0.25, 0.3) is 0 Å². The highest BCUT2D eigenvalue weighted by molar-refractivity contribution is 6.35. The molecule has 19 heavy (non-hydrogen) atoms. The minimum Gasteiger partial charge on any atom is -0.492 e. The Labute approximate surface area is 124 Å². The lowest BCUT2D eigenvalue weighted by molar-refractivity contribution is 0.248. The molecule has 0 radical (unpaired) electrons. The fraction of sp³-hybridized carbons (Fsp3) is 0.600. The standard InChI is InChI=1S/C15H19Cl2NO/c16-11-7-12-14(18-9-10-3-1-2-4-10)5-6-19-15(12)13(17)8-11/h7-8,10,14,18H,1-6,9H2. The molecule has 4 heteroatoms. The second kappa shape index (κ2) is 5.90. The summed E-state index contributed by atoms with van der Waals surface area (Å²) in [5.74, 6) is 1.64. The molecule has 0 spiro atoms. The molecule has 0 amide bonds. The molecular formula is C15H19Cl2NO. The minimum atomic E-state index is 0.320. The van der Waals surface area contributed by atoms with Crippen molar-refractivity contribution in [2.24, 2.45) is 5.92 Å². The summed E-state index contributed by atoms with van der Waals surface area (Å²) in [6.45, 7) is 1.81. The Bertz CT molecular complexity index is 458. The lowest BCUT2D eigenvalue weighted by Crippen LogP contribution is -2.30. The summed E-state index contributed by atoms with van der Waals surface area (Å²) in [4.78, 5) is 0. The molecule has 1 aromatic rings. The van der Waals surface area contributed by atoms with Gasteiger partial charge in [-0.15, -0.1) is 0 Å². The zero-order valence-corrected chi connectivity index (χ0v) is 12.4. The van der Waals surface area contributed by atoms with Gasteiger partial charge in [-0.25, -0.2) is 0 Å². The average Bonchev–Trinajstić information content (AvgIpc) is 2.89. The lowest BCUT2D eigenvalue weighted by Gasteiger charge is -2.28. The van der Waals surface area contributed by atoms with E-state index in [1.165, 1.54) is 25.7 Å². The van der Waals surface area contributed by atoms with Gasteiger partial charge in [-0.1, -0.05) is 36.0 Å². The van der Waals surface area contributed by atoms with Crippen molar-refractivity contribution in [3.63, 3.8) is 0 Å². The van der Waals surface area contributed by atoms with Crippen molar-refractivity contribution < 1.29 is 4.74 Å². The van der Waals surface area contributed by atoms with E-state index >= 15 is 0 Å². The predicted molar refractivity (Wildman–Crippen MR) is 79.3 cm³/mol. The van der Waals surface area contributed by atoms with Crippen LogP contribution in [-0.2, 0) is 0 Å². The van der Waals surface area contributed by atoms with Gasteiger partial charge < -0.3 is 10.1 Å². The molecule has 1 atom stereocenters. The van der Waals surface area contributed by atoms with E-state index in [2.05, 4.69) is 5.32 Å². The maximum Gasteiger partial charge on any atom is 0.142 e. The summed E-state index contributed by atoms with van der Waals surface area (Å²) < 4.78 is 5.68. The van der Waals surface area contributed by atoms with Crippen molar-refractivity contribution in [3.05, 3.63) is 27.7 Å². The topological polar surface area (TPSA) is 21.3 Å². The number of halogens is 2. The molecule has 1 aliphatic carbocycles. The molecule has 3 rings (SSSR count). The van der Waals surface area contributed by atoms with Crippen LogP contribution >= 0.6 is 23.2 Å². The zero-order valence-electron chi connectivity index (χ0n) is 10.9. The van der Waals surface area contributed by atoms with Crippen molar-refractivity contribution in [2.75, 3.05) is 13.2 Å². The van der Waals surface area contributed by atoms with Gasteiger partial charge in [0.05, 0.1) is 11.6 Å². The molecule has 1 aliphatic heterocycles. The molecule has 2 aliphatic rings. The Morgan fingerprint density at radius 3 is 2.74 bits per heavy atom. The second-order valence-electron chi connectivity index (χ2n) is 5.55. The number of ether oxygens (including phenoxy) is 1. The quantitative estimate of drug-likeness (QED) is 0.881. The molecule has 1 unspecified atom stereocenters. The minimum absolute atomic E-state index is 0.320. The van der Waals surface area contributed by atoms with Crippen LogP contribution in [0.3, 0.4) is 0 Å². The molecular weight excluding hydrogens is 281 g/mol. The van der Waals surface area contributed by atoms with Gasteiger partial charge in [0, 0.05) is 23.0 Å². The van der Waals surface area contributed by atoms with Gasteiger partial charge in [-0.05, 0) is 37.4 Å². The van der Waals surface area contributed by atoms with Crippen molar-refractivity contribution in [3.8, 4) is 5.75 Å².